The van der Waals surface area contributed by atoms with Gasteiger partial charge in [-0.3, -0.25) is 24.3 Å². The molecule has 0 spiro atoms. The lowest BCUT2D eigenvalue weighted by Gasteiger charge is -2.27. The highest BCUT2D eigenvalue weighted by Gasteiger charge is 2.55. The van der Waals surface area contributed by atoms with Crippen molar-refractivity contribution in [2.24, 2.45) is 11.8 Å². The zero-order valence-corrected chi connectivity index (χ0v) is 15.2. The molecule has 2 fully saturated rings. The second kappa shape index (κ2) is 6.64. The second-order valence-corrected chi connectivity index (χ2v) is 7.62. The first-order valence-electron chi connectivity index (χ1n) is 8.71. The molecule has 134 valence electrons. The van der Waals surface area contributed by atoms with E-state index >= 15 is 0 Å². The Morgan fingerprint density at radius 2 is 1.85 bits per heavy atom. The number of thiophene rings is 1. The Hall–Kier alpha value is -2.54. The molecular formula is C19H19N3O3S. The minimum absolute atomic E-state index is 0.148. The van der Waals surface area contributed by atoms with Gasteiger partial charge in [0.2, 0.25) is 11.8 Å². The third-order valence-corrected chi connectivity index (χ3v) is 6.19. The van der Waals surface area contributed by atoms with Gasteiger partial charge in [-0.1, -0.05) is 13.0 Å². The van der Waals surface area contributed by atoms with Crippen molar-refractivity contribution in [2.75, 3.05) is 13.1 Å². The zero-order chi connectivity index (χ0) is 18.3. The van der Waals surface area contributed by atoms with Crippen LogP contribution in [0.4, 0.5) is 0 Å². The molecule has 26 heavy (non-hydrogen) atoms. The van der Waals surface area contributed by atoms with Gasteiger partial charge in [-0.25, -0.2) is 0 Å². The Morgan fingerprint density at radius 1 is 1.19 bits per heavy atom. The largest absolute Gasteiger partial charge is 0.337 e. The number of carbonyl (C=O) groups excluding carboxylic acids is 3. The summed E-state index contributed by atoms with van der Waals surface area (Å²) in [5, 5.41) is 1.96. The van der Waals surface area contributed by atoms with Crippen molar-refractivity contribution in [2.45, 2.75) is 19.4 Å². The highest BCUT2D eigenvalue weighted by molar-refractivity contribution is 7.10. The van der Waals surface area contributed by atoms with Gasteiger partial charge < -0.3 is 4.90 Å². The van der Waals surface area contributed by atoms with E-state index in [1.165, 1.54) is 4.90 Å². The van der Waals surface area contributed by atoms with Crippen molar-refractivity contribution in [3.05, 3.63) is 52.5 Å². The monoisotopic (exact) mass is 369 g/mol. The Labute approximate surface area is 155 Å². The van der Waals surface area contributed by atoms with Crippen molar-refractivity contribution >= 4 is 29.1 Å². The first-order valence-corrected chi connectivity index (χ1v) is 9.59. The van der Waals surface area contributed by atoms with Crippen molar-refractivity contribution in [1.82, 2.24) is 14.8 Å². The number of nitrogens with zero attached hydrogens (tertiary/aromatic N) is 3. The van der Waals surface area contributed by atoms with E-state index in [1.54, 1.807) is 40.8 Å². The number of carbonyl (C=O) groups is 3. The molecule has 2 aliphatic heterocycles. The molecule has 3 amide bonds. The van der Waals surface area contributed by atoms with Crippen LogP contribution in [0.1, 0.15) is 34.6 Å². The van der Waals surface area contributed by atoms with Gasteiger partial charge in [0.05, 0.1) is 17.9 Å². The predicted molar refractivity (Wildman–Crippen MR) is 96.3 cm³/mol. The van der Waals surface area contributed by atoms with E-state index in [4.69, 9.17) is 0 Å². The van der Waals surface area contributed by atoms with E-state index in [0.717, 1.165) is 4.88 Å². The third kappa shape index (κ3) is 2.63. The number of aromatic nitrogens is 1. The number of rotatable bonds is 4. The minimum Gasteiger partial charge on any atom is -0.337 e. The van der Waals surface area contributed by atoms with E-state index < -0.39 is 11.8 Å². The summed E-state index contributed by atoms with van der Waals surface area (Å²) in [5.74, 6) is -1.31. The Kier molecular flexibility index (Phi) is 4.32. The summed E-state index contributed by atoms with van der Waals surface area (Å²) in [6.45, 7) is 2.58. The quantitative estimate of drug-likeness (QED) is 0.776. The molecule has 6 nitrogen and oxygen atoms in total. The molecular weight excluding hydrogens is 350 g/mol. The number of amides is 3. The van der Waals surface area contributed by atoms with Crippen molar-refractivity contribution < 1.29 is 14.4 Å². The van der Waals surface area contributed by atoms with Crippen LogP contribution in [0.25, 0.3) is 0 Å². The topological polar surface area (TPSA) is 70.6 Å². The van der Waals surface area contributed by atoms with Crippen LogP contribution < -0.4 is 0 Å². The molecule has 7 heteroatoms. The molecule has 2 aromatic rings. The maximum Gasteiger partial charge on any atom is 0.254 e. The van der Waals surface area contributed by atoms with E-state index in [2.05, 4.69) is 4.98 Å². The summed E-state index contributed by atoms with van der Waals surface area (Å²) in [6, 6.07) is 6.99. The van der Waals surface area contributed by atoms with Gasteiger partial charge in [0.25, 0.3) is 5.91 Å². The Balaban J connectivity index is 1.54. The van der Waals surface area contributed by atoms with Gasteiger partial charge >= 0.3 is 0 Å². The smallest absolute Gasteiger partial charge is 0.254 e. The van der Waals surface area contributed by atoms with Crippen LogP contribution in [0.15, 0.2) is 42.0 Å². The lowest BCUT2D eigenvalue weighted by molar-refractivity contribution is -0.143. The summed E-state index contributed by atoms with van der Waals surface area (Å²) in [6.07, 6.45) is 3.82. The molecule has 0 saturated carbocycles. The normalized spacial score (nSPS) is 23.4. The van der Waals surface area contributed by atoms with Crippen LogP contribution in [0, 0.1) is 11.8 Å². The summed E-state index contributed by atoms with van der Waals surface area (Å²) in [7, 11) is 0. The molecule has 0 radical (unpaired) electrons. The first-order chi connectivity index (χ1) is 12.6. The van der Waals surface area contributed by atoms with Crippen molar-refractivity contribution in [3.8, 4) is 0 Å². The fourth-order valence-corrected chi connectivity index (χ4v) is 4.81. The number of hydrogen-bond acceptors (Lipinski definition) is 5. The van der Waals surface area contributed by atoms with Crippen LogP contribution in [-0.2, 0) is 9.59 Å². The zero-order valence-electron chi connectivity index (χ0n) is 14.4. The average molecular weight is 369 g/mol. The molecule has 2 aromatic heterocycles. The van der Waals surface area contributed by atoms with Gasteiger partial charge in [-0.2, -0.15) is 0 Å². The summed E-state index contributed by atoms with van der Waals surface area (Å²) in [5.41, 5.74) is 0.529. The minimum atomic E-state index is -0.428. The summed E-state index contributed by atoms with van der Waals surface area (Å²) in [4.78, 5) is 46.5. The number of imide groups is 1. The van der Waals surface area contributed by atoms with Gasteiger partial charge in [0, 0.05) is 35.9 Å². The Bertz CT molecular complexity index is 813. The maximum atomic E-state index is 13.0. The van der Waals surface area contributed by atoms with Gasteiger partial charge in [-0.15, -0.1) is 11.3 Å². The molecule has 0 N–H and O–H groups in total. The lowest BCUT2D eigenvalue weighted by Crippen LogP contribution is -2.39. The predicted octanol–water partition coefficient (Wildman–Crippen LogP) is 2.35. The van der Waals surface area contributed by atoms with Crippen molar-refractivity contribution in [1.29, 1.82) is 0 Å². The fourth-order valence-electron chi connectivity index (χ4n) is 3.91. The average Bonchev–Trinajstić information content (AvgIpc) is 3.38. The van der Waals surface area contributed by atoms with E-state index in [9.17, 15) is 14.4 Å². The molecule has 4 heterocycles. The number of likely N-dealkylation sites (tertiary alicyclic amines) is 2. The number of hydrogen-bond donors (Lipinski definition) is 0. The van der Waals surface area contributed by atoms with Crippen LogP contribution in [-0.4, -0.2) is 45.6 Å². The molecule has 3 atom stereocenters. The SMILES string of the molecule is CCC(c1cccs1)N1C(=O)[C@H]2CN(C(=O)c3ccncc3)C[C@H]2C1=O. The number of pyridine rings is 1. The van der Waals surface area contributed by atoms with E-state index in [-0.39, 0.29) is 23.8 Å². The number of fused-ring (bicyclic) bond motifs is 1. The maximum absolute atomic E-state index is 13.0. The highest BCUT2D eigenvalue weighted by Crippen LogP contribution is 2.40. The third-order valence-electron chi connectivity index (χ3n) is 5.21. The highest BCUT2D eigenvalue weighted by atomic mass is 32.1. The van der Waals surface area contributed by atoms with Crippen LogP contribution in [0.2, 0.25) is 0 Å². The molecule has 2 saturated heterocycles. The molecule has 0 bridgehead atoms. The van der Waals surface area contributed by atoms with Gasteiger partial charge in [0.15, 0.2) is 0 Å². The summed E-state index contributed by atoms with van der Waals surface area (Å²) >= 11 is 1.56. The molecule has 0 aliphatic carbocycles. The molecule has 2 aliphatic rings. The molecule has 0 aromatic carbocycles. The van der Waals surface area contributed by atoms with Crippen LogP contribution in [0.3, 0.4) is 0 Å². The van der Waals surface area contributed by atoms with Gasteiger partial charge in [-0.05, 0) is 30.0 Å². The first kappa shape index (κ1) is 16.9. The molecule has 4 rings (SSSR count). The van der Waals surface area contributed by atoms with Gasteiger partial charge in [0.1, 0.15) is 0 Å². The standard InChI is InChI=1S/C19H19N3O3S/c1-2-15(16-4-3-9-26-16)22-18(24)13-10-21(11-14(13)19(22)25)17(23)12-5-7-20-8-6-12/h3-9,13-15H,2,10-11H2,1H3/t13-,14+,15?. The fraction of sp³-hybridized carbons (Fsp3) is 0.368. The van der Waals surface area contributed by atoms with Crippen molar-refractivity contribution in [3.63, 3.8) is 0 Å². The second-order valence-electron chi connectivity index (χ2n) is 6.64. The van der Waals surface area contributed by atoms with Crippen LogP contribution >= 0.6 is 11.3 Å². The van der Waals surface area contributed by atoms with Crippen LogP contribution in [0.5, 0.6) is 0 Å². The van der Waals surface area contributed by atoms with E-state index in [0.29, 0.717) is 25.1 Å². The Morgan fingerprint density at radius 3 is 2.38 bits per heavy atom. The lowest BCUT2D eigenvalue weighted by atomic mass is 10.00. The van der Waals surface area contributed by atoms with E-state index in [1.807, 2.05) is 24.4 Å². The summed E-state index contributed by atoms with van der Waals surface area (Å²) < 4.78 is 0. The molecule has 1 unspecified atom stereocenters.